The van der Waals surface area contributed by atoms with Crippen molar-refractivity contribution in [1.29, 1.82) is 0 Å². The average molecular weight is 214 g/mol. The molecule has 0 aliphatic carbocycles. The van der Waals surface area contributed by atoms with Crippen molar-refractivity contribution in [3.63, 3.8) is 0 Å². The monoisotopic (exact) mass is 214 g/mol. The molecular weight excluding hydrogens is 210 g/mol. The van der Waals surface area contributed by atoms with Gasteiger partial charge >= 0.3 is 0 Å². The topological polar surface area (TPSA) is 129 Å². The first-order valence-electron chi connectivity index (χ1n) is 3.92. The lowest BCUT2D eigenvalue weighted by Crippen LogP contribution is -1.96. The molecule has 0 bridgehead atoms. The second kappa shape index (κ2) is 3.65. The molecule has 0 radical (unpaired) electrons. The number of non-ortho nitro benzene ring substituents is 1. The van der Waals surface area contributed by atoms with E-state index in [0.717, 1.165) is 0 Å². The third-order valence-corrected chi connectivity index (χ3v) is 1.43. The highest BCUT2D eigenvalue weighted by Gasteiger charge is 2.21. The summed E-state index contributed by atoms with van der Waals surface area (Å²) in [5.41, 5.74) is -2.74. The molecule has 0 spiro atoms. The van der Waals surface area contributed by atoms with Crippen molar-refractivity contribution in [3.8, 4) is 0 Å². The van der Waals surface area contributed by atoms with Gasteiger partial charge in [-0.25, -0.2) is 0 Å². The van der Waals surface area contributed by atoms with Crippen LogP contribution in [0.4, 0.5) is 17.1 Å². The molecule has 1 aromatic carbocycles. The van der Waals surface area contributed by atoms with Crippen LogP contribution in [0.15, 0.2) is 18.2 Å². The van der Waals surface area contributed by atoms with Crippen LogP contribution in [-0.2, 0) is 0 Å². The lowest BCUT2D eigenvalue weighted by molar-refractivity contribution is -0.403. The molecule has 1 rings (SSSR count). The van der Waals surface area contributed by atoms with E-state index in [9.17, 15) is 30.3 Å². The molecule has 0 amide bonds. The zero-order valence-electron chi connectivity index (χ0n) is 7.95. The molecule has 0 saturated heterocycles. The molecule has 78 valence electrons. The minimum Gasteiger partial charge on any atom is -0.258 e. The molecule has 0 aliphatic heterocycles. The zero-order chi connectivity index (χ0) is 12.5. The molecule has 0 heterocycles. The van der Waals surface area contributed by atoms with Crippen LogP contribution in [-0.4, -0.2) is 14.8 Å². The third-order valence-electron chi connectivity index (χ3n) is 1.43. The Morgan fingerprint density at radius 3 is 1.47 bits per heavy atom. The summed E-state index contributed by atoms with van der Waals surface area (Å²) in [5.74, 6) is 0. The molecule has 0 aromatic heterocycles. The fourth-order valence-corrected chi connectivity index (χ4v) is 0.827. The summed E-state index contributed by atoms with van der Waals surface area (Å²) in [6, 6.07) is 0.0607. The van der Waals surface area contributed by atoms with Gasteiger partial charge < -0.3 is 0 Å². The van der Waals surface area contributed by atoms with Crippen LogP contribution >= 0.6 is 0 Å². The predicted molar refractivity (Wildman–Crippen MR) is 46.4 cm³/mol. The van der Waals surface area contributed by atoms with Crippen molar-refractivity contribution in [1.82, 2.24) is 0 Å². The second-order valence-corrected chi connectivity index (χ2v) is 2.38. The van der Waals surface area contributed by atoms with Gasteiger partial charge in [0, 0.05) is 0 Å². The van der Waals surface area contributed by atoms with E-state index in [1.165, 1.54) is 0 Å². The van der Waals surface area contributed by atoms with E-state index < -0.39 is 37.9 Å². The maximum atomic E-state index is 10.4. The van der Waals surface area contributed by atoms with E-state index in [4.69, 9.17) is 1.37 Å². The summed E-state index contributed by atoms with van der Waals surface area (Å²) < 4.78 is 7.14. The quantitative estimate of drug-likeness (QED) is 0.552. The summed E-state index contributed by atoms with van der Waals surface area (Å²) in [6.45, 7) is 0. The first-order valence-corrected chi connectivity index (χ1v) is 3.42. The fourth-order valence-electron chi connectivity index (χ4n) is 0.827. The number of nitrogens with zero attached hydrogens (tertiary/aromatic N) is 3. The van der Waals surface area contributed by atoms with Gasteiger partial charge in [-0.15, -0.1) is 0 Å². The lowest BCUT2D eigenvalue weighted by atomic mass is 10.2. The van der Waals surface area contributed by atoms with Crippen molar-refractivity contribution in [2.75, 3.05) is 0 Å². The highest BCUT2D eigenvalue weighted by molar-refractivity contribution is 5.52. The molecule has 9 heteroatoms. The SMILES string of the molecule is [2H]c1c([N+](=O)[O-])cc([N+](=O)[O-])cc1[N+](=O)[O-]. The van der Waals surface area contributed by atoms with Gasteiger partial charge in [-0.1, -0.05) is 0 Å². The Bertz CT molecular complexity index is 466. The summed E-state index contributed by atoms with van der Waals surface area (Å²) in [4.78, 5) is 28.0. The predicted octanol–water partition coefficient (Wildman–Crippen LogP) is 1.41. The summed E-state index contributed by atoms with van der Waals surface area (Å²) >= 11 is 0. The fraction of sp³-hybridized carbons (Fsp3) is 0. The highest BCUT2D eigenvalue weighted by Crippen LogP contribution is 2.26. The van der Waals surface area contributed by atoms with E-state index in [1.54, 1.807) is 0 Å². The Morgan fingerprint density at radius 2 is 1.20 bits per heavy atom. The van der Waals surface area contributed by atoms with Gasteiger partial charge in [0.1, 0.15) is 0 Å². The summed E-state index contributed by atoms with van der Waals surface area (Å²) in [5, 5.41) is 31.2. The lowest BCUT2D eigenvalue weighted by Gasteiger charge is -1.93. The van der Waals surface area contributed by atoms with Crippen LogP contribution in [0.3, 0.4) is 0 Å². The van der Waals surface area contributed by atoms with E-state index in [0.29, 0.717) is 12.1 Å². The molecule has 0 fully saturated rings. The molecule has 0 saturated carbocycles. The van der Waals surface area contributed by atoms with Crippen LogP contribution in [0.1, 0.15) is 1.37 Å². The molecule has 9 nitrogen and oxygen atoms in total. The van der Waals surface area contributed by atoms with Gasteiger partial charge in [-0.05, 0) is 0 Å². The normalized spacial score (nSPS) is 10.5. The Hall–Kier alpha value is -2.58. The Labute approximate surface area is 82.8 Å². The van der Waals surface area contributed by atoms with E-state index >= 15 is 0 Å². The number of hydrogen-bond donors (Lipinski definition) is 0. The highest BCUT2D eigenvalue weighted by atomic mass is 16.6. The van der Waals surface area contributed by atoms with Crippen molar-refractivity contribution < 1.29 is 16.1 Å². The number of nitro groups is 3. The second-order valence-electron chi connectivity index (χ2n) is 2.38. The third kappa shape index (κ3) is 2.21. The van der Waals surface area contributed by atoms with Crippen molar-refractivity contribution in [3.05, 3.63) is 48.5 Å². The van der Waals surface area contributed by atoms with E-state index in [-0.39, 0.29) is 0 Å². The molecule has 0 atom stereocenters. The van der Waals surface area contributed by atoms with Crippen LogP contribution in [0, 0.1) is 30.3 Å². The average Bonchev–Trinajstić information content (AvgIpc) is 2.16. The zero-order valence-corrected chi connectivity index (χ0v) is 6.95. The Balaban J connectivity index is 3.57. The van der Waals surface area contributed by atoms with Gasteiger partial charge in [-0.2, -0.15) is 0 Å². The molecular formula is C6H3N3O6. The van der Waals surface area contributed by atoms with Gasteiger partial charge in [0.2, 0.25) is 0 Å². The number of benzene rings is 1. The van der Waals surface area contributed by atoms with Gasteiger partial charge in [0.15, 0.2) is 0 Å². The minimum atomic E-state index is -1.08. The number of hydrogen-bond acceptors (Lipinski definition) is 6. The van der Waals surface area contributed by atoms with Crippen molar-refractivity contribution >= 4 is 17.1 Å². The Kier molecular flexibility index (Phi) is 2.19. The smallest absolute Gasteiger partial charge is 0.258 e. The molecule has 0 N–H and O–H groups in total. The molecule has 0 aliphatic rings. The van der Waals surface area contributed by atoms with Crippen LogP contribution in [0.5, 0.6) is 0 Å². The van der Waals surface area contributed by atoms with Gasteiger partial charge in [-0.3, -0.25) is 30.3 Å². The molecule has 15 heavy (non-hydrogen) atoms. The van der Waals surface area contributed by atoms with Crippen LogP contribution in [0.2, 0.25) is 0 Å². The van der Waals surface area contributed by atoms with Crippen LogP contribution in [0.25, 0.3) is 0 Å². The summed E-state index contributed by atoms with van der Waals surface area (Å²) in [6.07, 6.45) is 0. The maximum absolute atomic E-state index is 10.4. The van der Waals surface area contributed by atoms with E-state index in [1.807, 2.05) is 0 Å². The number of rotatable bonds is 3. The van der Waals surface area contributed by atoms with E-state index in [2.05, 4.69) is 0 Å². The largest absolute Gasteiger partial charge is 0.283 e. The first-order chi connectivity index (χ1) is 7.34. The van der Waals surface area contributed by atoms with Gasteiger partial charge in [0.25, 0.3) is 17.1 Å². The van der Waals surface area contributed by atoms with Crippen molar-refractivity contribution in [2.24, 2.45) is 0 Å². The van der Waals surface area contributed by atoms with Crippen molar-refractivity contribution in [2.45, 2.75) is 0 Å². The standard InChI is InChI=1S/C6H3N3O6/c10-7(11)4-1-5(8(12)13)3-6(2-4)9(14)15/h1-3H/i1D. The Morgan fingerprint density at radius 1 is 0.867 bits per heavy atom. The van der Waals surface area contributed by atoms with Crippen LogP contribution < -0.4 is 0 Å². The number of nitro benzene ring substituents is 3. The van der Waals surface area contributed by atoms with Gasteiger partial charge in [0.05, 0.1) is 34.3 Å². The molecule has 0 unspecified atom stereocenters. The minimum absolute atomic E-state index is 0.509. The first kappa shape index (κ1) is 8.99. The maximum Gasteiger partial charge on any atom is 0.283 e. The summed E-state index contributed by atoms with van der Waals surface area (Å²) in [7, 11) is 0. The molecule has 1 aromatic rings.